The molecule has 2 atom stereocenters. The minimum atomic E-state index is -1.18. The highest BCUT2D eigenvalue weighted by Crippen LogP contribution is 2.34. The van der Waals surface area contributed by atoms with Crippen molar-refractivity contribution < 1.29 is 19.1 Å². The third kappa shape index (κ3) is 3.57. The second-order valence-corrected chi connectivity index (χ2v) is 7.43. The topological polar surface area (TPSA) is 72.6 Å². The predicted molar refractivity (Wildman–Crippen MR) is 113 cm³/mol. The molecule has 0 amide bonds. The maximum absolute atomic E-state index is 10.8. The summed E-state index contributed by atoms with van der Waals surface area (Å²) in [7, 11) is 1.43. The van der Waals surface area contributed by atoms with E-state index in [0.717, 1.165) is 16.3 Å². The molecule has 0 fully saturated rings. The smallest absolute Gasteiger partial charge is 0.153 e. The van der Waals surface area contributed by atoms with Gasteiger partial charge in [0.25, 0.3) is 0 Å². The lowest BCUT2D eigenvalue weighted by atomic mass is 9.92. The normalized spacial score (nSPS) is 14.5. The van der Waals surface area contributed by atoms with Crippen molar-refractivity contribution in [3.8, 4) is 11.5 Å². The highest BCUT2D eigenvalue weighted by molar-refractivity contribution is 6.31. The number of ether oxygens (including phenoxy) is 1. The molecule has 0 saturated carbocycles. The van der Waals surface area contributed by atoms with Crippen LogP contribution in [0.15, 0.2) is 65.1 Å². The van der Waals surface area contributed by atoms with E-state index in [2.05, 4.69) is 4.98 Å². The van der Waals surface area contributed by atoms with E-state index in [1.165, 1.54) is 13.2 Å². The Morgan fingerprint density at radius 3 is 2.72 bits per heavy atom. The van der Waals surface area contributed by atoms with E-state index in [1.54, 1.807) is 31.1 Å². The summed E-state index contributed by atoms with van der Waals surface area (Å²) in [5, 5.41) is 13.1. The fraction of sp³-hybridized carbons (Fsp3) is 0.174. The number of carbonyl (C=O) groups excluding carboxylic acids is 1. The van der Waals surface area contributed by atoms with Gasteiger partial charge in [0.2, 0.25) is 0 Å². The molecule has 1 N–H and O–H groups in total. The number of furan rings is 1. The van der Waals surface area contributed by atoms with Gasteiger partial charge in [-0.25, -0.2) is 9.78 Å². The molecule has 0 aliphatic heterocycles. The lowest BCUT2D eigenvalue weighted by Crippen LogP contribution is -2.33. The molecule has 146 valence electrons. The number of benzene rings is 2. The van der Waals surface area contributed by atoms with E-state index in [-0.39, 0.29) is 0 Å². The first kappa shape index (κ1) is 19.4. The largest absolute Gasteiger partial charge is 0.454 e. The van der Waals surface area contributed by atoms with Gasteiger partial charge in [0.1, 0.15) is 28.9 Å². The van der Waals surface area contributed by atoms with Crippen molar-refractivity contribution in [2.24, 2.45) is 0 Å². The van der Waals surface area contributed by atoms with Gasteiger partial charge in [-0.1, -0.05) is 29.8 Å². The lowest BCUT2D eigenvalue weighted by Gasteiger charge is -2.29. The quantitative estimate of drug-likeness (QED) is 0.464. The average Bonchev–Trinajstić information content (AvgIpc) is 3.16. The summed E-state index contributed by atoms with van der Waals surface area (Å²) in [5.74, 6) is 2.30. The number of nitrogens with zero attached hydrogens (tertiary/aromatic N) is 1. The molecule has 0 aliphatic rings. The predicted octanol–water partition coefficient (Wildman–Crippen LogP) is 5.13. The molecule has 0 aliphatic carbocycles. The first-order chi connectivity index (χ1) is 13.9. The molecule has 0 spiro atoms. The van der Waals surface area contributed by atoms with Crippen LogP contribution in [-0.4, -0.2) is 28.7 Å². The van der Waals surface area contributed by atoms with Crippen LogP contribution in [0.2, 0.25) is 5.02 Å². The maximum Gasteiger partial charge on any atom is 0.153 e. The third-order valence-electron chi connectivity index (χ3n) is 5.09. The number of aromatic nitrogens is 1. The van der Waals surface area contributed by atoms with Gasteiger partial charge in [-0.15, -0.1) is 0 Å². The van der Waals surface area contributed by atoms with Gasteiger partial charge in [-0.3, -0.25) is 0 Å². The Balaban J connectivity index is 1.75. The van der Waals surface area contributed by atoms with Gasteiger partial charge < -0.3 is 14.3 Å². The molecule has 2 aromatic heterocycles. The second-order valence-electron chi connectivity index (χ2n) is 6.99. The Morgan fingerprint density at radius 2 is 1.97 bits per heavy atom. The molecule has 0 bridgehead atoms. The molecule has 4 rings (SSSR count). The van der Waals surface area contributed by atoms with Crippen LogP contribution in [0.4, 0.5) is 0 Å². The fourth-order valence-electron chi connectivity index (χ4n) is 3.28. The molecule has 5 nitrogen and oxygen atoms in total. The monoisotopic (exact) mass is 407 g/mol. The van der Waals surface area contributed by atoms with Crippen molar-refractivity contribution in [3.05, 3.63) is 71.3 Å². The standard InChI is InChI=1S/C23H18ClNO4/c1-23(28-2,9-10-26)22(27)15-5-8-20-16(11-15)12-21(29-20)18-7-4-14-3-6-17(24)13-19(14)25-18/h3-9,11-13,22,27H,1-2H3. The van der Waals surface area contributed by atoms with E-state index in [4.69, 9.17) is 20.8 Å². The van der Waals surface area contributed by atoms with Gasteiger partial charge in [0.05, 0.1) is 5.52 Å². The van der Waals surface area contributed by atoms with Crippen LogP contribution in [0.25, 0.3) is 33.3 Å². The van der Waals surface area contributed by atoms with Crippen molar-refractivity contribution in [1.29, 1.82) is 0 Å². The number of pyridine rings is 1. The minimum Gasteiger partial charge on any atom is -0.454 e. The van der Waals surface area contributed by atoms with Crippen LogP contribution in [0, 0.1) is 0 Å². The lowest BCUT2D eigenvalue weighted by molar-refractivity contribution is -0.0576. The molecule has 2 unspecified atom stereocenters. The van der Waals surface area contributed by atoms with Crippen LogP contribution >= 0.6 is 11.6 Å². The number of hydrogen-bond acceptors (Lipinski definition) is 5. The number of hydrogen-bond donors (Lipinski definition) is 1. The van der Waals surface area contributed by atoms with Crippen LogP contribution in [0.5, 0.6) is 0 Å². The summed E-state index contributed by atoms with van der Waals surface area (Å²) in [4.78, 5) is 15.4. The SMILES string of the molecule is COC(C)(C=C=O)C(O)c1ccc2oc(-c3ccc4ccc(Cl)cc4n3)cc2c1. The number of aliphatic hydroxyl groups excluding tert-OH is 1. The zero-order valence-electron chi connectivity index (χ0n) is 15.8. The van der Waals surface area contributed by atoms with Gasteiger partial charge in [-0.2, -0.15) is 0 Å². The number of halogens is 1. The first-order valence-electron chi connectivity index (χ1n) is 8.99. The van der Waals surface area contributed by atoms with Crippen LogP contribution in [0.3, 0.4) is 0 Å². The second kappa shape index (κ2) is 7.47. The fourth-order valence-corrected chi connectivity index (χ4v) is 3.45. The van der Waals surface area contributed by atoms with Gasteiger partial charge >= 0.3 is 0 Å². The van der Waals surface area contributed by atoms with E-state index in [9.17, 15) is 9.90 Å². The van der Waals surface area contributed by atoms with Gasteiger partial charge in [0.15, 0.2) is 5.76 Å². The van der Waals surface area contributed by atoms with E-state index >= 15 is 0 Å². The zero-order valence-corrected chi connectivity index (χ0v) is 16.6. The zero-order chi connectivity index (χ0) is 20.6. The van der Waals surface area contributed by atoms with Crippen molar-refractivity contribution in [3.63, 3.8) is 0 Å². The number of fused-ring (bicyclic) bond motifs is 2. The third-order valence-corrected chi connectivity index (χ3v) is 5.33. The summed E-state index contributed by atoms with van der Waals surface area (Å²) < 4.78 is 11.3. The number of rotatable bonds is 5. The molecule has 2 aromatic carbocycles. The average molecular weight is 408 g/mol. The van der Waals surface area contributed by atoms with Gasteiger partial charge in [0, 0.05) is 29.0 Å². The highest BCUT2D eigenvalue weighted by Gasteiger charge is 2.32. The Morgan fingerprint density at radius 1 is 1.17 bits per heavy atom. The Bertz CT molecular complexity index is 1260. The van der Waals surface area contributed by atoms with Crippen LogP contribution in [-0.2, 0) is 9.53 Å². The molecular formula is C23H18ClNO4. The summed E-state index contributed by atoms with van der Waals surface area (Å²) in [5.41, 5.74) is 1.54. The van der Waals surface area contributed by atoms with Crippen molar-refractivity contribution in [1.82, 2.24) is 4.98 Å². The number of aliphatic hydroxyl groups is 1. The molecule has 29 heavy (non-hydrogen) atoms. The minimum absolute atomic E-state index is 0.596. The molecule has 4 aromatic rings. The molecule has 2 heterocycles. The van der Waals surface area contributed by atoms with Crippen molar-refractivity contribution >= 4 is 39.4 Å². The summed E-state index contributed by atoms with van der Waals surface area (Å²) in [6.45, 7) is 1.62. The van der Waals surface area contributed by atoms with Gasteiger partial charge in [-0.05, 0) is 48.9 Å². The summed E-state index contributed by atoms with van der Waals surface area (Å²) in [6, 6.07) is 16.6. The maximum atomic E-state index is 10.8. The van der Waals surface area contributed by atoms with E-state index in [1.807, 2.05) is 36.4 Å². The summed E-state index contributed by atoms with van der Waals surface area (Å²) >= 11 is 6.08. The Hall–Kier alpha value is -2.95. The highest BCUT2D eigenvalue weighted by atomic mass is 35.5. The Labute approximate surface area is 172 Å². The Kier molecular flexibility index (Phi) is 4.99. The van der Waals surface area contributed by atoms with Crippen LogP contribution in [0.1, 0.15) is 18.6 Å². The van der Waals surface area contributed by atoms with E-state index in [0.29, 0.717) is 27.6 Å². The first-order valence-corrected chi connectivity index (χ1v) is 9.37. The number of methoxy groups -OCH3 is 1. The van der Waals surface area contributed by atoms with E-state index < -0.39 is 11.7 Å². The summed E-state index contributed by atoms with van der Waals surface area (Å²) in [6.07, 6.45) is 0.130. The molecular weight excluding hydrogens is 390 g/mol. The molecule has 0 radical (unpaired) electrons. The van der Waals surface area contributed by atoms with Crippen molar-refractivity contribution in [2.75, 3.05) is 7.11 Å². The molecule has 6 heteroatoms. The van der Waals surface area contributed by atoms with Crippen LogP contribution < -0.4 is 0 Å². The molecule has 0 saturated heterocycles. The van der Waals surface area contributed by atoms with Crippen molar-refractivity contribution in [2.45, 2.75) is 18.6 Å².